The Morgan fingerprint density at radius 3 is 2.00 bits per heavy atom. The zero-order valence-corrected chi connectivity index (χ0v) is 7.48. The average Bonchev–Trinajstić information content (AvgIpc) is 1.37. The molecule has 1 heteroatoms. The normalized spacial score (nSPS) is 7.50. The summed E-state index contributed by atoms with van der Waals surface area (Å²) in [6.07, 6.45) is 1.39. The fraction of sp³-hybridized carbons (Fsp3) is 1.00. The minimum atomic E-state index is 1.23. The molecule has 26 valence electrons. The van der Waals surface area contributed by atoms with Crippen molar-refractivity contribution in [2.75, 3.05) is 0 Å². The van der Waals surface area contributed by atoms with Crippen molar-refractivity contribution in [1.29, 1.82) is 0 Å². The third-order valence-electron chi connectivity index (χ3n) is 0.289. The second kappa shape index (κ2) is 3.88. The zero-order chi connectivity index (χ0) is 3.41. The molecule has 4 heavy (non-hydrogen) atoms. The van der Waals surface area contributed by atoms with Crippen LogP contribution in [0.2, 0.25) is 4.13 Å². The fourth-order valence-electron chi connectivity index (χ4n) is 0. The SMILES string of the molecule is CC[CH2][BiH2]. The van der Waals surface area contributed by atoms with Gasteiger partial charge < -0.3 is 0 Å². The first-order valence-electron chi connectivity index (χ1n) is 1.62. The third kappa shape index (κ3) is 2.88. The molecule has 0 aliphatic rings. The molecule has 0 unspecified atom stereocenters. The number of hydrogen-bond acceptors (Lipinski definition) is 0. The van der Waals surface area contributed by atoms with E-state index in [0.717, 1.165) is 0 Å². The van der Waals surface area contributed by atoms with E-state index in [1.165, 1.54) is 35.3 Å². The van der Waals surface area contributed by atoms with Gasteiger partial charge in [0, 0.05) is 0 Å². The Kier molecular flexibility index (Phi) is 4.74. The van der Waals surface area contributed by atoms with E-state index >= 15 is 0 Å². The van der Waals surface area contributed by atoms with Crippen molar-refractivity contribution in [3.8, 4) is 0 Å². The van der Waals surface area contributed by atoms with Crippen LogP contribution in [0.4, 0.5) is 0 Å². The summed E-state index contributed by atoms with van der Waals surface area (Å²) in [4.78, 5) is 0. The molecule has 0 fully saturated rings. The Morgan fingerprint density at radius 2 is 2.00 bits per heavy atom. The van der Waals surface area contributed by atoms with Crippen molar-refractivity contribution in [2.45, 2.75) is 17.5 Å². The molecule has 0 atom stereocenters. The van der Waals surface area contributed by atoms with Gasteiger partial charge in [-0.3, -0.25) is 0 Å². The van der Waals surface area contributed by atoms with Crippen LogP contribution in [-0.2, 0) is 0 Å². The van der Waals surface area contributed by atoms with Crippen molar-refractivity contribution < 1.29 is 0 Å². The summed E-state index contributed by atoms with van der Waals surface area (Å²) in [7, 11) is 0. The standard InChI is InChI=1S/C3H7.Bi.2H/c1-3-2;;;/h1,3H2,2H3;;;. The first-order chi connectivity index (χ1) is 1.91. The molecule has 0 aliphatic carbocycles. The van der Waals surface area contributed by atoms with Crippen molar-refractivity contribution >= 4 is 24.7 Å². The van der Waals surface area contributed by atoms with Gasteiger partial charge in [-0.25, -0.2) is 0 Å². The molecule has 0 aromatic carbocycles. The van der Waals surface area contributed by atoms with Crippen LogP contribution in [0.3, 0.4) is 0 Å². The molecule has 0 aromatic heterocycles. The van der Waals surface area contributed by atoms with E-state index in [-0.39, 0.29) is 0 Å². The van der Waals surface area contributed by atoms with Gasteiger partial charge in [0.05, 0.1) is 0 Å². The third-order valence-corrected chi connectivity index (χ3v) is 2.53. The predicted octanol–water partition coefficient (Wildman–Crippen LogP) is 0.448. The summed E-state index contributed by atoms with van der Waals surface area (Å²) >= 11 is 1.23. The number of rotatable bonds is 1. The first kappa shape index (κ1) is 4.88. The molecule has 0 saturated heterocycles. The van der Waals surface area contributed by atoms with Crippen LogP contribution in [0.5, 0.6) is 0 Å². The second-order valence-corrected chi connectivity index (χ2v) is 3.03. The molecule has 0 bridgehead atoms. The Bertz CT molecular complexity index is 5.25. The van der Waals surface area contributed by atoms with Gasteiger partial charge in [-0.15, -0.1) is 0 Å². The van der Waals surface area contributed by atoms with E-state index in [0.29, 0.717) is 0 Å². The van der Waals surface area contributed by atoms with Crippen LogP contribution in [0.1, 0.15) is 13.3 Å². The van der Waals surface area contributed by atoms with E-state index in [2.05, 4.69) is 6.92 Å². The summed E-state index contributed by atoms with van der Waals surface area (Å²) in [5.41, 5.74) is 0. The van der Waals surface area contributed by atoms with Crippen LogP contribution in [-0.4, -0.2) is 24.7 Å². The van der Waals surface area contributed by atoms with Crippen LogP contribution in [0.15, 0.2) is 0 Å². The summed E-state index contributed by atoms with van der Waals surface area (Å²) in [6.45, 7) is 2.22. The summed E-state index contributed by atoms with van der Waals surface area (Å²) in [5, 5.41) is 0. The molecule has 0 spiro atoms. The predicted molar refractivity (Wildman–Crippen MR) is 23.6 cm³/mol. The van der Waals surface area contributed by atoms with Gasteiger partial charge >= 0.3 is 42.2 Å². The first-order valence-corrected chi connectivity index (χ1v) is 4.79. The van der Waals surface area contributed by atoms with Crippen molar-refractivity contribution in [1.82, 2.24) is 0 Å². The quantitative estimate of drug-likeness (QED) is 0.596. The fourth-order valence-corrected chi connectivity index (χ4v) is 0. The van der Waals surface area contributed by atoms with Gasteiger partial charge in [-0.05, 0) is 0 Å². The molecule has 0 rings (SSSR count). The number of hydrogen-bond donors (Lipinski definition) is 0. The van der Waals surface area contributed by atoms with Gasteiger partial charge in [0.1, 0.15) is 0 Å². The van der Waals surface area contributed by atoms with Gasteiger partial charge in [-0.2, -0.15) is 0 Å². The van der Waals surface area contributed by atoms with E-state index in [1.54, 1.807) is 0 Å². The summed E-state index contributed by atoms with van der Waals surface area (Å²) in [6, 6.07) is 0. The minimum absolute atomic E-state index is 1.23. The topological polar surface area (TPSA) is 0 Å². The molecule has 0 heterocycles. The molecule has 0 aromatic rings. The Hall–Kier alpha value is 0.883. The average molecular weight is 254 g/mol. The molecule has 0 radical (unpaired) electrons. The Balaban J connectivity index is 1.97. The molecular weight excluding hydrogens is 245 g/mol. The second-order valence-electron chi connectivity index (χ2n) is 0.789. The molecule has 0 saturated carbocycles. The van der Waals surface area contributed by atoms with Gasteiger partial charge in [0.25, 0.3) is 0 Å². The maximum atomic E-state index is 2.22. The van der Waals surface area contributed by atoms with Crippen LogP contribution in [0.25, 0.3) is 0 Å². The molecular formula is C3H9Bi. The molecule has 0 N–H and O–H groups in total. The summed E-state index contributed by atoms with van der Waals surface area (Å²) < 4.78 is 1.49. The molecule has 0 amide bonds. The van der Waals surface area contributed by atoms with Crippen molar-refractivity contribution in [2.24, 2.45) is 0 Å². The maximum absolute atomic E-state index is 2.22. The van der Waals surface area contributed by atoms with Crippen molar-refractivity contribution in [3.05, 3.63) is 0 Å². The van der Waals surface area contributed by atoms with Crippen LogP contribution in [0, 0.1) is 0 Å². The molecule has 0 aliphatic heterocycles. The van der Waals surface area contributed by atoms with Gasteiger partial charge in [-0.1, -0.05) is 0 Å². The molecule has 0 nitrogen and oxygen atoms in total. The van der Waals surface area contributed by atoms with E-state index < -0.39 is 0 Å². The van der Waals surface area contributed by atoms with Crippen molar-refractivity contribution in [3.63, 3.8) is 0 Å². The van der Waals surface area contributed by atoms with Gasteiger partial charge in [0.2, 0.25) is 0 Å². The van der Waals surface area contributed by atoms with E-state index in [1.807, 2.05) is 0 Å². The van der Waals surface area contributed by atoms with Crippen LogP contribution >= 0.6 is 0 Å². The Labute approximate surface area is 42.4 Å². The zero-order valence-electron chi connectivity index (χ0n) is 2.99. The van der Waals surface area contributed by atoms with Crippen LogP contribution < -0.4 is 0 Å². The van der Waals surface area contributed by atoms with E-state index in [4.69, 9.17) is 0 Å². The van der Waals surface area contributed by atoms with E-state index in [9.17, 15) is 0 Å². The Morgan fingerprint density at radius 1 is 1.75 bits per heavy atom. The summed E-state index contributed by atoms with van der Waals surface area (Å²) in [5.74, 6) is 0. The van der Waals surface area contributed by atoms with Gasteiger partial charge in [0.15, 0.2) is 0 Å². The monoisotopic (exact) mass is 254 g/mol.